The predicted molar refractivity (Wildman–Crippen MR) is 82.9 cm³/mol. The van der Waals surface area contributed by atoms with Crippen LogP contribution in [0.15, 0.2) is 24.3 Å². The molecule has 1 aromatic carbocycles. The first-order chi connectivity index (χ1) is 9.20. The minimum Gasteiger partial charge on any atom is -0.491 e. The lowest BCUT2D eigenvalue weighted by molar-refractivity contribution is 0.222. The molecule has 0 radical (unpaired) electrons. The molecule has 0 spiro atoms. The van der Waals surface area contributed by atoms with Crippen LogP contribution >= 0.6 is 11.8 Å². The Balaban J connectivity index is 2.05. The van der Waals surface area contributed by atoms with Crippen LogP contribution in [0.4, 0.5) is 0 Å². The van der Waals surface area contributed by atoms with Gasteiger partial charge in [0, 0.05) is 37.2 Å². The third kappa shape index (κ3) is 4.13. The highest BCUT2D eigenvalue weighted by Gasteiger charge is 2.21. The maximum Gasteiger partial charge on any atom is 0.119 e. The zero-order chi connectivity index (χ0) is 13.7. The van der Waals surface area contributed by atoms with Gasteiger partial charge in [0.05, 0.1) is 6.10 Å². The summed E-state index contributed by atoms with van der Waals surface area (Å²) in [6, 6.07) is 8.75. The van der Waals surface area contributed by atoms with Crippen molar-refractivity contribution < 1.29 is 4.74 Å². The van der Waals surface area contributed by atoms with E-state index in [0.29, 0.717) is 12.6 Å². The van der Waals surface area contributed by atoms with Crippen LogP contribution in [0.1, 0.15) is 25.5 Å². The monoisotopic (exact) mass is 280 g/mol. The Morgan fingerprint density at radius 3 is 2.37 bits per heavy atom. The maximum atomic E-state index is 5.97. The molecule has 1 saturated heterocycles. The standard InChI is InChI=1S/C15H24N2OS/c1-12(2)18-14-5-3-13(4-6-14)15(11-16)17-7-9-19-10-8-17/h3-6,12,15H,7-11,16H2,1-2H3. The van der Waals surface area contributed by atoms with Crippen molar-refractivity contribution in [3.8, 4) is 5.75 Å². The second kappa shape index (κ2) is 7.17. The quantitative estimate of drug-likeness (QED) is 0.899. The van der Waals surface area contributed by atoms with Crippen LogP contribution in [0.3, 0.4) is 0 Å². The summed E-state index contributed by atoms with van der Waals surface area (Å²) in [5.41, 5.74) is 7.27. The Morgan fingerprint density at radius 2 is 1.84 bits per heavy atom. The van der Waals surface area contributed by atoms with Crippen molar-refractivity contribution in [3.05, 3.63) is 29.8 Å². The minimum absolute atomic E-state index is 0.218. The predicted octanol–water partition coefficient (Wildman–Crippen LogP) is 2.52. The van der Waals surface area contributed by atoms with E-state index >= 15 is 0 Å². The summed E-state index contributed by atoms with van der Waals surface area (Å²) in [4.78, 5) is 2.49. The molecule has 1 aliphatic rings. The second-order valence-corrected chi connectivity index (χ2v) is 6.36. The molecular weight excluding hydrogens is 256 g/mol. The van der Waals surface area contributed by atoms with Gasteiger partial charge in [0.1, 0.15) is 5.75 Å². The Hall–Kier alpha value is -0.710. The van der Waals surface area contributed by atoms with Crippen LogP contribution in [-0.2, 0) is 0 Å². The summed E-state index contributed by atoms with van der Waals surface area (Å²) in [6.07, 6.45) is 0.218. The van der Waals surface area contributed by atoms with E-state index in [0.717, 1.165) is 18.8 Å². The number of rotatable bonds is 5. The summed E-state index contributed by atoms with van der Waals surface area (Å²) in [5, 5.41) is 0. The minimum atomic E-state index is 0.218. The molecule has 4 heteroatoms. The molecule has 0 bridgehead atoms. The van der Waals surface area contributed by atoms with E-state index in [1.807, 2.05) is 25.6 Å². The molecule has 3 nitrogen and oxygen atoms in total. The Kier molecular flexibility index (Phi) is 5.55. The van der Waals surface area contributed by atoms with Gasteiger partial charge in [0.15, 0.2) is 0 Å². The number of nitrogens with zero attached hydrogens (tertiary/aromatic N) is 1. The molecule has 19 heavy (non-hydrogen) atoms. The van der Waals surface area contributed by atoms with Crippen LogP contribution in [0, 0.1) is 0 Å². The molecule has 106 valence electrons. The van der Waals surface area contributed by atoms with E-state index in [4.69, 9.17) is 10.5 Å². The molecule has 2 N–H and O–H groups in total. The number of hydrogen-bond acceptors (Lipinski definition) is 4. The van der Waals surface area contributed by atoms with Gasteiger partial charge in [-0.05, 0) is 31.5 Å². The van der Waals surface area contributed by atoms with Crippen molar-refractivity contribution >= 4 is 11.8 Å². The van der Waals surface area contributed by atoms with Gasteiger partial charge in [-0.15, -0.1) is 0 Å². The molecule has 1 heterocycles. The SMILES string of the molecule is CC(C)Oc1ccc(C(CN)N2CCSCC2)cc1. The normalized spacial score (nSPS) is 18.5. The van der Waals surface area contributed by atoms with Crippen LogP contribution in [0.2, 0.25) is 0 Å². The zero-order valence-corrected chi connectivity index (χ0v) is 12.7. The third-order valence-corrected chi connectivity index (χ3v) is 4.29. The van der Waals surface area contributed by atoms with E-state index in [1.54, 1.807) is 0 Å². The average Bonchev–Trinajstić information content (AvgIpc) is 2.42. The lowest BCUT2D eigenvalue weighted by Gasteiger charge is -2.34. The van der Waals surface area contributed by atoms with Gasteiger partial charge >= 0.3 is 0 Å². The fourth-order valence-electron chi connectivity index (χ4n) is 2.43. The van der Waals surface area contributed by atoms with E-state index < -0.39 is 0 Å². The summed E-state index contributed by atoms with van der Waals surface area (Å²) in [7, 11) is 0. The maximum absolute atomic E-state index is 5.97. The average molecular weight is 280 g/mol. The number of thioether (sulfide) groups is 1. The lowest BCUT2D eigenvalue weighted by Crippen LogP contribution is -2.39. The Labute approximate surface area is 120 Å². The van der Waals surface area contributed by atoms with Crippen LogP contribution in [-0.4, -0.2) is 42.1 Å². The first kappa shape index (κ1) is 14.7. The van der Waals surface area contributed by atoms with Gasteiger partial charge in [-0.3, -0.25) is 4.90 Å². The Morgan fingerprint density at radius 1 is 1.21 bits per heavy atom. The highest BCUT2D eigenvalue weighted by molar-refractivity contribution is 7.99. The smallest absolute Gasteiger partial charge is 0.119 e. The number of hydrogen-bond donors (Lipinski definition) is 1. The van der Waals surface area contributed by atoms with Crippen molar-refractivity contribution in [2.45, 2.75) is 26.0 Å². The number of nitrogens with two attached hydrogens (primary N) is 1. The zero-order valence-electron chi connectivity index (χ0n) is 11.8. The first-order valence-electron chi connectivity index (χ1n) is 6.99. The fourth-order valence-corrected chi connectivity index (χ4v) is 3.36. The molecule has 0 aliphatic carbocycles. The van der Waals surface area contributed by atoms with Gasteiger partial charge in [-0.25, -0.2) is 0 Å². The molecule has 0 aromatic heterocycles. The van der Waals surface area contributed by atoms with Crippen molar-refractivity contribution in [3.63, 3.8) is 0 Å². The molecule has 0 saturated carbocycles. The van der Waals surface area contributed by atoms with Gasteiger partial charge in [0.2, 0.25) is 0 Å². The fraction of sp³-hybridized carbons (Fsp3) is 0.600. The van der Waals surface area contributed by atoms with Crippen molar-refractivity contribution in [2.24, 2.45) is 5.73 Å². The molecular formula is C15H24N2OS. The highest BCUT2D eigenvalue weighted by atomic mass is 32.2. The van der Waals surface area contributed by atoms with Gasteiger partial charge < -0.3 is 10.5 Å². The lowest BCUT2D eigenvalue weighted by atomic mass is 10.1. The molecule has 0 amide bonds. The van der Waals surface area contributed by atoms with E-state index in [-0.39, 0.29) is 6.10 Å². The van der Waals surface area contributed by atoms with Gasteiger partial charge in [-0.1, -0.05) is 12.1 Å². The molecule has 2 rings (SSSR count). The molecule has 1 aromatic rings. The largest absolute Gasteiger partial charge is 0.491 e. The van der Waals surface area contributed by atoms with Crippen molar-refractivity contribution in [2.75, 3.05) is 31.1 Å². The molecule has 1 aliphatic heterocycles. The van der Waals surface area contributed by atoms with Crippen LogP contribution in [0.5, 0.6) is 5.75 Å². The molecule has 1 unspecified atom stereocenters. The Bertz CT molecular complexity index is 374. The highest BCUT2D eigenvalue weighted by Crippen LogP contribution is 2.25. The summed E-state index contributed by atoms with van der Waals surface area (Å²) >= 11 is 2.03. The van der Waals surface area contributed by atoms with E-state index in [9.17, 15) is 0 Å². The summed E-state index contributed by atoms with van der Waals surface area (Å²) in [5.74, 6) is 3.36. The number of ether oxygens (including phenoxy) is 1. The van der Waals surface area contributed by atoms with Crippen LogP contribution in [0.25, 0.3) is 0 Å². The number of benzene rings is 1. The van der Waals surface area contributed by atoms with Gasteiger partial charge in [0.25, 0.3) is 0 Å². The van der Waals surface area contributed by atoms with Crippen molar-refractivity contribution in [1.29, 1.82) is 0 Å². The summed E-state index contributed by atoms with van der Waals surface area (Å²) in [6.45, 7) is 7.03. The van der Waals surface area contributed by atoms with Gasteiger partial charge in [-0.2, -0.15) is 11.8 Å². The first-order valence-corrected chi connectivity index (χ1v) is 8.14. The third-order valence-electron chi connectivity index (χ3n) is 3.35. The van der Waals surface area contributed by atoms with Crippen molar-refractivity contribution in [1.82, 2.24) is 4.90 Å². The van der Waals surface area contributed by atoms with Crippen LogP contribution < -0.4 is 10.5 Å². The second-order valence-electron chi connectivity index (χ2n) is 5.14. The molecule has 1 fully saturated rings. The van der Waals surface area contributed by atoms with E-state index in [1.165, 1.54) is 17.1 Å². The topological polar surface area (TPSA) is 38.5 Å². The summed E-state index contributed by atoms with van der Waals surface area (Å²) < 4.78 is 5.68. The molecule has 1 atom stereocenters. The van der Waals surface area contributed by atoms with E-state index in [2.05, 4.69) is 29.2 Å².